The number of aromatic amines is 1. The lowest BCUT2D eigenvalue weighted by atomic mass is 9.82. The lowest BCUT2D eigenvalue weighted by Crippen LogP contribution is -2.10. The molecule has 0 atom stereocenters. The summed E-state index contributed by atoms with van der Waals surface area (Å²) in [5.41, 5.74) is 2.30. The minimum atomic E-state index is 0.0214. The first-order valence-electron chi connectivity index (χ1n) is 4.47. The van der Waals surface area contributed by atoms with E-state index in [2.05, 4.69) is 9.97 Å². The highest BCUT2D eigenvalue weighted by atomic mass is 16.3. The van der Waals surface area contributed by atoms with Crippen molar-refractivity contribution in [3.8, 4) is 0 Å². The van der Waals surface area contributed by atoms with Gasteiger partial charge >= 0.3 is 0 Å². The Labute approximate surface area is 71.8 Å². The van der Waals surface area contributed by atoms with E-state index in [0.717, 1.165) is 5.69 Å². The summed E-state index contributed by atoms with van der Waals surface area (Å²) in [4.78, 5) is 7.43. The number of H-pyrrole nitrogens is 1. The Hall–Kier alpha value is -0.830. The summed E-state index contributed by atoms with van der Waals surface area (Å²) < 4.78 is 0. The van der Waals surface area contributed by atoms with Crippen molar-refractivity contribution in [1.82, 2.24) is 9.97 Å². The zero-order valence-electron chi connectivity index (χ0n) is 7.30. The third kappa shape index (κ3) is 1.14. The van der Waals surface area contributed by atoms with Crippen molar-refractivity contribution < 1.29 is 5.11 Å². The second-order valence-electron chi connectivity index (χ2n) is 3.48. The number of nitrogens with one attached hydrogen (secondary N) is 1. The summed E-state index contributed by atoms with van der Waals surface area (Å²) in [5.74, 6) is 1.36. The smallest absolute Gasteiger partial charge is 0.132 e. The van der Waals surface area contributed by atoms with Crippen LogP contribution >= 0.6 is 0 Å². The van der Waals surface area contributed by atoms with Crippen LogP contribution in [0.1, 0.15) is 42.4 Å². The van der Waals surface area contributed by atoms with Crippen LogP contribution in [0.25, 0.3) is 0 Å². The second-order valence-corrected chi connectivity index (χ2v) is 3.48. The van der Waals surface area contributed by atoms with Crippen LogP contribution in [0.4, 0.5) is 0 Å². The minimum Gasteiger partial charge on any atom is -0.388 e. The molecule has 1 heterocycles. The second kappa shape index (κ2) is 2.90. The van der Waals surface area contributed by atoms with Gasteiger partial charge in [-0.05, 0) is 19.8 Å². The SMILES string of the molecule is Cc1[nH]c(CO)nc1C1CCC1. The number of imidazole rings is 1. The van der Waals surface area contributed by atoms with E-state index in [-0.39, 0.29) is 6.61 Å². The van der Waals surface area contributed by atoms with Gasteiger partial charge in [-0.15, -0.1) is 0 Å². The molecule has 66 valence electrons. The normalized spacial score (nSPS) is 17.8. The Morgan fingerprint density at radius 1 is 1.58 bits per heavy atom. The van der Waals surface area contributed by atoms with Crippen LogP contribution in [0.15, 0.2) is 0 Å². The first kappa shape index (κ1) is 7.80. The fourth-order valence-electron chi connectivity index (χ4n) is 1.69. The molecule has 2 N–H and O–H groups in total. The third-order valence-corrected chi connectivity index (χ3v) is 2.61. The van der Waals surface area contributed by atoms with Crippen LogP contribution in [-0.2, 0) is 6.61 Å². The van der Waals surface area contributed by atoms with Crippen molar-refractivity contribution in [3.63, 3.8) is 0 Å². The topological polar surface area (TPSA) is 48.9 Å². The Kier molecular flexibility index (Phi) is 1.89. The number of nitrogens with zero attached hydrogens (tertiary/aromatic N) is 1. The fraction of sp³-hybridized carbons (Fsp3) is 0.667. The van der Waals surface area contributed by atoms with E-state index >= 15 is 0 Å². The van der Waals surface area contributed by atoms with Gasteiger partial charge in [-0.25, -0.2) is 4.98 Å². The Balaban J connectivity index is 2.23. The average molecular weight is 166 g/mol. The summed E-state index contributed by atoms with van der Waals surface area (Å²) in [6, 6.07) is 0. The van der Waals surface area contributed by atoms with Gasteiger partial charge < -0.3 is 10.1 Å². The van der Waals surface area contributed by atoms with E-state index in [1.165, 1.54) is 25.0 Å². The lowest BCUT2D eigenvalue weighted by molar-refractivity contribution is 0.272. The van der Waals surface area contributed by atoms with E-state index in [0.29, 0.717) is 11.7 Å². The quantitative estimate of drug-likeness (QED) is 0.699. The van der Waals surface area contributed by atoms with Crippen LogP contribution in [0.2, 0.25) is 0 Å². The van der Waals surface area contributed by atoms with Crippen LogP contribution in [0.3, 0.4) is 0 Å². The van der Waals surface area contributed by atoms with Gasteiger partial charge in [-0.3, -0.25) is 0 Å². The predicted octanol–water partition coefficient (Wildman–Crippen LogP) is 1.48. The largest absolute Gasteiger partial charge is 0.388 e. The molecule has 1 saturated carbocycles. The average Bonchev–Trinajstić information content (AvgIpc) is 2.29. The summed E-state index contributed by atoms with van der Waals surface area (Å²) >= 11 is 0. The van der Waals surface area contributed by atoms with Gasteiger partial charge in [-0.2, -0.15) is 0 Å². The zero-order chi connectivity index (χ0) is 8.55. The molecule has 1 aliphatic carbocycles. The molecule has 1 aliphatic rings. The van der Waals surface area contributed by atoms with E-state index < -0.39 is 0 Å². The van der Waals surface area contributed by atoms with Crippen molar-refractivity contribution >= 4 is 0 Å². The van der Waals surface area contributed by atoms with Gasteiger partial charge in [0.15, 0.2) is 0 Å². The molecule has 3 heteroatoms. The molecule has 1 aromatic heterocycles. The van der Waals surface area contributed by atoms with Crippen molar-refractivity contribution in [3.05, 3.63) is 17.2 Å². The molecule has 12 heavy (non-hydrogen) atoms. The number of hydrogen-bond acceptors (Lipinski definition) is 2. The maximum absolute atomic E-state index is 8.85. The fourth-order valence-corrected chi connectivity index (χ4v) is 1.69. The van der Waals surface area contributed by atoms with Gasteiger partial charge in [0.2, 0.25) is 0 Å². The summed E-state index contributed by atoms with van der Waals surface area (Å²) in [7, 11) is 0. The molecule has 0 radical (unpaired) electrons. The summed E-state index contributed by atoms with van der Waals surface area (Å²) in [6.07, 6.45) is 3.85. The molecule has 0 saturated heterocycles. The molecule has 0 spiro atoms. The van der Waals surface area contributed by atoms with E-state index in [1.807, 2.05) is 6.92 Å². The summed E-state index contributed by atoms with van der Waals surface area (Å²) in [6.45, 7) is 2.05. The first-order chi connectivity index (χ1) is 5.81. The molecule has 0 aromatic carbocycles. The number of aryl methyl sites for hydroxylation is 1. The van der Waals surface area contributed by atoms with Gasteiger partial charge in [0.25, 0.3) is 0 Å². The molecular weight excluding hydrogens is 152 g/mol. The number of aromatic nitrogens is 2. The van der Waals surface area contributed by atoms with Crippen LogP contribution < -0.4 is 0 Å². The van der Waals surface area contributed by atoms with E-state index in [4.69, 9.17) is 5.11 Å². The molecule has 2 rings (SSSR count). The highest BCUT2D eigenvalue weighted by molar-refractivity contribution is 5.19. The Bertz CT molecular complexity index is 276. The number of aliphatic hydroxyl groups is 1. The standard InChI is InChI=1S/C9H14N2O/c1-6-9(7-3-2-4-7)11-8(5-12)10-6/h7,12H,2-5H2,1H3,(H,10,11). The molecule has 3 nitrogen and oxygen atoms in total. The predicted molar refractivity (Wildman–Crippen MR) is 45.8 cm³/mol. The highest BCUT2D eigenvalue weighted by Crippen LogP contribution is 2.36. The highest BCUT2D eigenvalue weighted by Gasteiger charge is 2.23. The molecule has 0 unspecified atom stereocenters. The molecule has 0 amide bonds. The Morgan fingerprint density at radius 2 is 2.33 bits per heavy atom. The van der Waals surface area contributed by atoms with Crippen molar-refractivity contribution in [2.24, 2.45) is 0 Å². The van der Waals surface area contributed by atoms with Crippen LogP contribution in [0.5, 0.6) is 0 Å². The molecule has 0 aliphatic heterocycles. The molecular formula is C9H14N2O. The lowest BCUT2D eigenvalue weighted by Gasteiger charge is -2.23. The number of rotatable bonds is 2. The monoisotopic (exact) mass is 166 g/mol. The van der Waals surface area contributed by atoms with Crippen molar-refractivity contribution in [2.45, 2.75) is 38.7 Å². The van der Waals surface area contributed by atoms with E-state index in [9.17, 15) is 0 Å². The van der Waals surface area contributed by atoms with Crippen molar-refractivity contribution in [2.75, 3.05) is 0 Å². The van der Waals surface area contributed by atoms with Gasteiger partial charge in [0, 0.05) is 11.6 Å². The number of aliphatic hydroxyl groups excluding tert-OH is 1. The van der Waals surface area contributed by atoms with Gasteiger partial charge in [0.1, 0.15) is 12.4 Å². The van der Waals surface area contributed by atoms with Crippen LogP contribution in [-0.4, -0.2) is 15.1 Å². The Morgan fingerprint density at radius 3 is 2.75 bits per heavy atom. The third-order valence-electron chi connectivity index (χ3n) is 2.61. The summed E-state index contributed by atoms with van der Waals surface area (Å²) in [5, 5.41) is 8.85. The molecule has 0 bridgehead atoms. The van der Waals surface area contributed by atoms with Crippen molar-refractivity contribution in [1.29, 1.82) is 0 Å². The minimum absolute atomic E-state index is 0.0214. The maximum atomic E-state index is 8.85. The van der Waals surface area contributed by atoms with Gasteiger partial charge in [0.05, 0.1) is 5.69 Å². The van der Waals surface area contributed by atoms with Gasteiger partial charge in [-0.1, -0.05) is 6.42 Å². The van der Waals surface area contributed by atoms with E-state index in [1.54, 1.807) is 0 Å². The zero-order valence-corrected chi connectivity index (χ0v) is 7.30. The molecule has 1 aromatic rings. The van der Waals surface area contributed by atoms with Crippen LogP contribution in [0, 0.1) is 6.92 Å². The molecule has 1 fully saturated rings. The first-order valence-corrected chi connectivity index (χ1v) is 4.47. The maximum Gasteiger partial charge on any atom is 0.132 e. The number of hydrogen-bond donors (Lipinski definition) is 2.